The number of fused-ring (bicyclic) bond motifs is 7. The number of oxime groups is 3. The number of hydrogen-bond donors (Lipinski definition) is 2. The molecule has 33 nitrogen and oxygen atoms in total. The Kier molecular flexibility index (Phi) is 31.7. The zero-order chi connectivity index (χ0) is 105. The van der Waals surface area contributed by atoms with E-state index >= 15 is 0 Å². The second-order valence-electron chi connectivity index (χ2n) is 46.4. The molecular weight excluding hydrogens is 1930 g/mol. The van der Waals surface area contributed by atoms with Gasteiger partial charge in [-0.1, -0.05) is 163 Å². The van der Waals surface area contributed by atoms with Crippen LogP contribution in [0.3, 0.4) is 0 Å². The van der Waals surface area contributed by atoms with Crippen LogP contribution in [0.25, 0.3) is 0 Å². The maximum atomic E-state index is 14.6. The smallest absolute Gasteiger partial charge is 0.307 e. The highest BCUT2D eigenvalue weighted by Crippen LogP contribution is 2.61. The number of amides is 5. The molecule has 15 aliphatic rings. The second-order valence-corrected chi connectivity index (χ2v) is 50.7. The quantitative estimate of drug-likeness (QED) is 0.0517. The van der Waals surface area contributed by atoms with E-state index in [1.807, 2.05) is 36.4 Å². The first-order valence-corrected chi connectivity index (χ1v) is 55.7. The summed E-state index contributed by atoms with van der Waals surface area (Å²) < 4.78 is 78.3. The van der Waals surface area contributed by atoms with Crippen molar-refractivity contribution in [1.29, 1.82) is 0 Å². The van der Waals surface area contributed by atoms with Gasteiger partial charge in [0.15, 0.2) is 34.2 Å². The summed E-state index contributed by atoms with van der Waals surface area (Å²) in [4.78, 5) is 215. The average Bonchev–Trinajstić information content (AvgIpc) is 1.57. The molecular formula is C110H139ClN8O25S2. The minimum absolute atomic E-state index is 0.00895. The standard InChI is InChI=1S/C38H48ClN3O9S.C37H47N3O9S.C35H44N2O7/c1-36(2,3)50-32(44)17-24-9-7-5-4-6-8-10-26-18-38(26,35(46)41-52(47,48)27-11-12-27)21-31(43)30-20-37(22-42(30)34(24)45)19-29(40-51-37)25-15-23-13-14-49-33(23)28(39)16-25;1-35(2,3)48-31(42)18-25-14-8-5-4-6-11-15-26-19-37(26,34(45)39-50(46,47)27-16-17-27)22-30(41)29-21-36(23-40(29)33(25)44)20-28(38-49-36)32(43)24-12-9-7-10-13-24;1-23(38)35-18-26(35)16-12-7-5-6-9-15-25(17-30(40)43-33(2,3)4)32(42)37-22-34(20-28(37)29(39)21-35)19-27(36-44-34)31(41)24-13-10-8-11-14-24/h8,10,15-16,24,26-27,30H,4-7,9,11-14,17-22H2,1-3H3,(H,41,46);7,9-13,15,25-27,29H,4-6,8,14,16-23H2,1-3H3,(H,39,45);8,10-14,16,25-26,28H,5-7,9,15,17-22H2,1-4H3/b10-8-;15-11-;16-12-. The lowest BCUT2D eigenvalue weighted by atomic mass is 9.86. The number of sulfonamides is 2. The summed E-state index contributed by atoms with van der Waals surface area (Å²) in [6.45, 7) is 18.1. The third-order valence-corrected chi connectivity index (χ3v) is 35.1. The van der Waals surface area contributed by atoms with E-state index in [-0.39, 0.29) is 160 Å². The Balaban J connectivity index is 0.000000157. The molecule has 0 aromatic heterocycles. The van der Waals surface area contributed by atoms with E-state index in [4.69, 9.17) is 45.1 Å². The highest BCUT2D eigenvalue weighted by Gasteiger charge is 2.67. The van der Waals surface area contributed by atoms with Crippen LogP contribution in [-0.4, -0.2) is 219 Å². The number of ether oxygens (including phenoxy) is 4. The molecule has 0 radical (unpaired) electrons. The summed E-state index contributed by atoms with van der Waals surface area (Å²) in [5.74, 6) is -7.51. The number of nitrogens with one attached hydrogen (secondary N) is 2. The van der Waals surface area contributed by atoms with Crippen molar-refractivity contribution in [3.05, 3.63) is 137 Å². The molecule has 3 aromatic carbocycles. The van der Waals surface area contributed by atoms with Gasteiger partial charge in [-0.05, 0) is 207 Å². The van der Waals surface area contributed by atoms with Crippen LogP contribution in [0.5, 0.6) is 5.75 Å². The van der Waals surface area contributed by atoms with Crippen LogP contribution in [0.1, 0.15) is 319 Å². The van der Waals surface area contributed by atoms with Gasteiger partial charge in [-0.3, -0.25) is 76.6 Å². The van der Waals surface area contributed by atoms with Crippen molar-refractivity contribution in [3.63, 3.8) is 0 Å². The molecule has 15 atom stereocenters. The number of ketones is 6. The van der Waals surface area contributed by atoms with Gasteiger partial charge < -0.3 is 48.2 Å². The molecule has 146 heavy (non-hydrogen) atoms. The topological polar surface area (TPSA) is 443 Å². The van der Waals surface area contributed by atoms with Gasteiger partial charge in [-0.2, -0.15) is 0 Å². The van der Waals surface area contributed by atoms with Crippen molar-refractivity contribution in [1.82, 2.24) is 24.1 Å². The number of allylic oxidation sites excluding steroid dienone is 6. The molecule has 5 saturated carbocycles. The summed E-state index contributed by atoms with van der Waals surface area (Å²) >= 11 is 6.55. The molecule has 3 saturated heterocycles. The molecule has 3 aromatic rings. The third kappa shape index (κ3) is 25.3. The van der Waals surface area contributed by atoms with E-state index in [2.05, 4.69) is 37.1 Å². The zero-order valence-electron chi connectivity index (χ0n) is 85.4. The maximum Gasteiger partial charge on any atom is 0.307 e. The lowest BCUT2D eigenvalue weighted by molar-refractivity contribution is -0.159. The minimum atomic E-state index is -3.85. The van der Waals surface area contributed by atoms with Crippen LogP contribution in [0.4, 0.5) is 0 Å². The monoisotopic (exact) mass is 2070 g/mol. The Bertz CT molecular complexity index is 6070. The summed E-state index contributed by atoms with van der Waals surface area (Å²) in [6.07, 6.45) is 26.9. The molecule has 5 aliphatic carbocycles. The number of carbonyl (C=O) groups is 14. The van der Waals surface area contributed by atoms with E-state index in [1.165, 1.54) is 9.80 Å². The first-order chi connectivity index (χ1) is 69.0. The molecule has 3 spiro atoms. The van der Waals surface area contributed by atoms with Crippen molar-refractivity contribution in [3.8, 4) is 5.75 Å². The number of rotatable bonds is 18. The van der Waals surface area contributed by atoms with Gasteiger partial charge in [0.25, 0.3) is 0 Å². The molecule has 18 rings (SSSR count). The third-order valence-electron chi connectivity index (χ3n) is 31.1. The van der Waals surface area contributed by atoms with Crippen LogP contribution in [0.2, 0.25) is 5.02 Å². The second kappa shape index (κ2) is 43.0. The fourth-order valence-corrected chi connectivity index (χ4v) is 25.9. The number of nitrogens with zero attached hydrogens (tertiary/aromatic N) is 6. The fraction of sp³-hybridized carbons (Fsp3) is 0.627. The Morgan fingerprint density at radius 3 is 1.15 bits per heavy atom. The zero-order valence-corrected chi connectivity index (χ0v) is 87.8. The van der Waals surface area contributed by atoms with Gasteiger partial charge >= 0.3 is 17.9 Å². The predicted octanol–water partition coefficient (Wildman–Crippen LogP) is 15.0. The number of carbonyl (C=O) groups excluding carboxylic acids is 14. The molecule has 0 bridgehead atoms. The number of hydrogen-bond acceptors (Lipinski definition) is 28. The van der Waals surface area contributed by atoms with Gasteiger partial charge in [-0.15, -0.1) is 0 Å². The van der Waals surface area contributed by atoms with Crippen LogP contribution in [-0.2, 0) is 113 Å². The summed E-state index contributed by atoms with van der Waals surface area (Å²) in [5.41, 5.74) is -4.93. The number of Topliss-reactive ketones (excluding diaryl/α,β-unsaturated/α-hetero) is 6. The van der Waals surface area contributed by atoms with Crippen molar-refractivity contribution in [2.45, 2.75) is 356 Å². The predicted molar refractivity (Wildman–Crippen MR) is 539 cm³/mol. The minimum Gasteiger partial charge on any atom is -0.491 e. The van der Waals surface area contributed by atoms with Crippen LogP contribution >= 0.6 is 11.6 Å². The Morgan fingerprint density at radius 2 is 0.788 bits per heavy atom. The lowest BCUT2D eigenvalue weighted by Gasteiger charge is -2.29. The molecule has 5 amide bonds. The van der Waals surface area contributed by atoms with Crippen LogP contribution < -0.4 is 14.2 Å². The summed E-state index contributed by atoms with van der Waals surface area (Å²) in [5, 5.41) is 12.0. The number of halogens is 1. The first kappa shape index (κ1) is 108. The van der Waals surface area contributed by atoms with Gasteiger partial charge in [0.2, 0.25) is 61.1 Å². The van der Waals surface area contributed by atoms with E-state index in [0.717, 1.165) is 75.3 Å². The maximum absolute atomic E-state index is 14.6. The SMILES string of the molecule is CC(=O)C12CC(=O)C3CC4(CC(C(=O)c5ccccc5)=NO4)CN3C(=O)C(CC(=O)OC(C)(C)C)CCCCC/C=C\C1C2.CC(C)(C)OC(=O)CC1CCCCC/C=C\C2CC2(C(=O)NS(=O)(=O)C2CC2)CC(=O)C2CC3(CC(C(=O)c4ccccc4)=NO3)CN2C1=O.CC(C)(C)OC(=O)CC1CCCCC/C=C\C2CC2(C(=O)NS(=O)(=O)C2CC2)CC(=O)C2CC3(CC(c4cc(Cl)c5c(c4)CCO5)=NO3)CN2C1=O. The van der Waals surface area contributed by atoms with Gasteiger partial charge in [0, 0.05) is 104 Å². The van der Waals surface area contributed by atoms with Crippen molar-refractivity contribution < 1.29 is 117 Å². The normalized spacial score (nSPS) is 31.3. The van der Waals surface area contributed by atoms with Gasteiger partial charge in [0.1, 0.15) is 39.8 Å². The van der Waals surface area contributed by atoms with Crippen molar-refractivity contribution in [2.75, 3.05) is 26.2 Å². The molecule has 10 heterocycles. The van der Waals surface area contributed by atoms with Crippen molar-refractivity contribution in [2.24, 2.45) is 67.2 Å². The van der Waals surface area contributed by atoms with Crippen LogP contribution in [0, 0.1) is 51.8 Å². The average molecular weight is 2070 g/mol. The van der Waals surface area contributed by atoms with E-state index in [9.17, 15) is 84.0 Å². The lowest BCUT2D eigenvalue weighted by Crippen LogP contribution is -2.47. The summed E-state index contributed by atoms with van der Waals surface area (Å²) in [6, 6.07) is 18.4. The van der Waals surface area contributed by atoms with E-state index in [0.29, 0.717) is 124 Å². The highest BCUT2D eigenvalue weighted by atomic mass is 35.5. The Hall–Kier alpha value is -10.9. The largest absolute Gasteiger partial charge is 0.491 e. The molecule has 8 fully saturated rings. The van der Waals surface area contributed by atoms with Gasteiger partial charge in [0.05, 0.1) is 95.7 Å². The molecule has 788 valence electrons. The van der Waals surface area contributed by atoms with Crippen molar-refractivity contribution >= 4 is 131 Å². The highest BCUT2D eigenvalue weighted by molar-refractivity contribution is 7.91. The van der Waals surface area contributed by atoms with E-state index < -0.39 is 158 Å². The van der Waals surface area contributed by atoms with Gasteiger partial charge in [-0.25, -0.2) is 16.8 Å². The van der Waals surface area contributed by atoms with Crippen LogP contribution in [0.15, 0.2) is 125 Å². The van der Waals surface area contributed by atoms with E-state index in [1.54, 1.807) is 135 Å². The fourth-order valence-electron chi connectivity index (χ4n) is 22.8. The Labute approximate surface area is 859 Å². The molecule has 36 heteroatoms. The molecule has 10 aliphatic heterocycles. The molecule has 2 N–H and O–H groups in total. The Morgan fingerprint density at radius 1 is 0.438 bits per heavy atom. The number of benzene rings is 3. The molecule has 15 unspecified atom stereocenters. The number of esters is 3. The summed E-state index contributed by atoms with van der Waals surface area (Å²) in [7, 11) is -7.70. The first-order valence-electron chi connectivity index (χ1n) is 52.2.